The Morgan fingerprint density at radius 3 is 2.45 bits per heavy atom. The number of halogens is 2. The second-order valence-electron chi connectivity index (χ2n) is 11.2. The number of hydrogen-bond acceptors (Lipinski definition) is 5. The van der Waals surface area contributed by atoms with Crippen LogP contribution in [-0.4, -0.2) is 90.6 Å². The first kappa shape index (κ1) is 25.8. The molecule has 2 aliphatic heterocycles. The zero-order chi connectivity index (χ0) is 26.4. The summed E-state index contributed by atoms with van der Waals surface area (Å²) in [7, 11) is 4.10. The molecule has 0 saturated carbocycles. The molecule has 3 aromatic rings. The first-order valence-corrected chi connectivity index (χ1v) is 14.1. The molecule has 3 heterocycles. The maximum Gasteiger partial charge on any atom is 0.182 e. The van der Waals surface area contributed by atoms with Gasteiger partial charge in [0.05, 0.1) is 17.3 Å². The van der Waals surface area contributed by atoms with Crippen LogP contribution in [0.1, 0.15) is 35.0 Å². The maximum absolute atomic E-state index is 15.2. The lowest BCUT2D eigenvalue weighted by Gasteiger charge is -2.41. The minimum absolute atomic E-state index is 0.104. The predicted octanol–water partition coefficient (Wildman–Crippen LogP) is 4.91. The molecule has 38 heavy (non-hydrogen) atoms. The summed E-state index contributed by atoms with van der Waals surface area (Å²) >= 11 is 6.15. The van der Waals surface area contributed by atoms with E-state index in [1.165, 1.54) is 0 Å². The number of para-hydroxylation sites is 1. The van der Waals surface area contributed by atoms with Crippen LogP contribution in [0.2, 0.25) is 5.02 Å². The van der Waals surface area contributed by atoms with Crippen molar-refractivity contribution in [2.24, 2.45) is 5.92 Å². The van der Waals surface area contributed by atoms with Crippen LogP contribution in [0.15, 0.2) is 48.5 Å². The van der Waals surface area contributed by atoms with Gasteiger partial charge in [-0.1, -0.05) is 29.8 Å². The summed E-state index contributed by atoms with van der Waals surface area (Å²) in [6, 6.07) is 15.3. The minimum Gasteiger partial charge on any atom is -0.484 e. The Morgan fingerprint density at radius 2 is 1.71 bits per heavy atom. The number of carbonyl (C=O) groups excluding carboxylic acids is 1. The van der Waals surface area contributed by atoms with Crippen molar-refractivity contribution >= 4 is 28.3 Å². The standard InChI is InChI=1S/C30H36ClFN4O2/c1-33-13-15-35(16-14-33)26-17-27(38-22-9-7-21(31)8-10-22)29-28(30(26)37)23-5-3-4-6-25(23)36(29)18-20-11-12-34(2)19-24(20)32/h3-10,20,24,26-27H,11-19H2,1-2H3/t20-,24+,26?,27-/m1/s1. The van der Waals surface area contributed by atoms with E-state index in [1.807, 2.05) is 49.5 Å². The lowest BCUT2D eigenvalue weighted by atomic mass is 9.86. The third-order valence-corrected chi connectivity index (χ3v) is 8.92. The Labute approximate surface area is 228 Å². The third-order valence-electron chi connectivity index (χ3n) is 8.67. The topological polar surface area (TPSA) is 41.0 Å². The number of fused-ring (bicyclic) bond motifs is 3. The van der Waals surface area contributed by atoms with Gasteiger partial charge < -0.3 is 19.1 Å². The van der Waals surface area contributed by atoms with E-state index in [4.69, 9.17) is 16.3 Å². The summed E-state index contributed by atoms with van der Waals surface area (Å²) < 4.78 is 24.1. The fraction of sp³-hybridized carbons (Fsp3) is 0.500. The number of nitrogens with zero attached hydrogens (tertiary/aromatic N) is 4. The average molecular weight is 539 g/mol. The van der Waals surface area contributed by atoms with E-state index in [-0.39, 0.29) is 23.8 Å². The summed E-state index contributed by atoms with van der Waals surface area (Å²) in [6.45, 7) is 5.45. The van der Waals surface area contributed by atoms with E-state index in [2.05, 4.69) is 32.4 Å². The molecule has 0 spiro atoms. The van der Waals surface area contributed by atoms with E-state index < -0.39 is 6.17 Å². The first-order chi connectivity index (χ1) is 18.4. The monoisotopic (exact) mass is 538 g/mol. The van der Waals surface area contributed by atoms with Gasteiger partial charge in [0.1, 0.15) is 18.0 Å². The van der Waals surface area contributed by atoms with Gasteiger partial charge in [0, 0.05) is 67.5 Å². The molecular weight excluding hydrogens is 503 g/mol. The molecule has 1 aromatic heterocycles. The first-order valence-electron chi connectivity index (χ1n) is 13.7. The Kier molecular flexibility index (Phi) is 7.20. The number of likely N-dealkylation sites (N-methyl/N-ethyl adjacent to an activating group) is 1. The molecule has 6 nitrogen and oxygen atoms in total. The molecule has 1 aliphatic carbocycles. The SMILES string of the molecule is CN1CCN(C2C[C@@H](Oc3ccc(Cl)cc3)c3c(c4ccccc4n3C[C@H]3CCN(C)C[C@@H]3F)C2=O)CC1. The highest BCUT2D eigenvalue weighted by atomic mass is 35.5. The molecule has 202 valence electrons. The quantitative estimate of drug-likeness (QED) is 0.462. The largest absolute Gasteiger partial charge is 0.484 e. The predicted molar refractivity (Wildman–Crippen MR) is 149 cm³/mol. The highest BCUT2D eigenvalue weighted by molar-refractivity contribution is 6.30. The fourth-order valence-corrected chi connectivity index (χ4v) is 6.60. The number of carbonyl (C=O) groups is 1. The van der Waals surface area contributed by atoms with Crippen LogP contribution in [-0.2, 0) is 6.54 Å². The third kappa shape index (κ3) is 4.86. The highest BCUT2D eigenvalue weighted by Crippen LogP contribution is 2.42. The number of aromatic nitrogens is 1. The smallest absolute Gasteiger partial charge is 0.182 e. The van der Waals surface area contributed by atoms with E-state index in [9.17, 15) is 4.79 Å². The van der Waals surface area contributed by atoms with Gasteiger partial charge in [-0.15, -0.1) is 0 Å². The van der Waals surface area contributed by atoms with E-state index in [0.717, 1.165) is 67.1 Å². The van der Waals surface area contributed by atoms with Crippen molar-refractivity contribution in [1.29, 1.82) is 0 Å². The molecule has 6 rings (SSSR count). The van der Waals surface area contributed by atoms with Gasteiger partial charge in [0.2, 0.25) is 0 Å². The van der Waals surface area contributed by atoms with E-state index in [1.54, 1.807) is 0 Å². The van der Waals surface area contributed by atoms with Crippen molar-refractivity contribution in [2.75, 3.05) is 53.4 Å². The van der Waals surface area contributed by atoms with Gasteiger partial charge in [-0.3, -0.25) is 9.69 Å². The number of ketones is 1. The number of rotatable bonds is 5. The van der Waals surface area contributed by atoms with Crippen LogP contribution in [0.3, 0.4) is 0 Å². The number of piperazine rings is 1. The van der Waals surface area contributed by atoms with Crippen molar-refractivity contribution in [1.82, 2.24) is 19.3 Å². The van der Waals surface area contributed by atoms with Crippen LogP contribution >= 0.6 is 11.6 Å². The number of benzene rings is 2. The zero-order valence-corrected chi connectivity index (χ0v) is 22.9. The number of likely N-dealkylation sites (tertiary alicyclic amines) is 1. The van der Waals surface area contributed by atoms with Gasteiger partial charge in [0.25, 0.3) is 0 Å². The molecule has 1 unspecified atom stereocenters. The van der Waals surface area contributed by atoms with Gasteiger partial charge >= 0.3 is 0 Å². The Hall–Kier alpha value is -2.45. The number of piperidine rings is 1. The van der Waals surface area contributed by atoms with Crippen molar-refractivity contribution in [2.45, 2.75) is 37.7 Å². The van der Waals surface area contributed by atoms with Crippen LogP contribution < -0.4 is 4.74 Å². The molecule has 2 aromatic carbocycles. The Morgan fingerprint density at radius 1 is 0.974 bits per heavy atom. The lowest BCUT2D eigenvalue weighted by Crippen LogP contribution is -2.53. The maximum atomic E-state index is 15.2. The van der Waals surface area contributed by atoms with E-state index in [0.29, 0.717) is 24.5 Å². The summed E-state index contributed by atoms with van der Waals surface area (Å²) in [6.07, 6.45) is 0.129. The van der Waals surface area contributed by atoms with Crippen LogP contribution in [0.25, 0.3) is 10.9 Å². The molecule has 2 fully saturated rings. The molecule has 3 aliphatic rings. The number of hydrogen-bond donors (Lipinski definition) is 0. The Bertz CT molecular complexity index is 1300. The van der Waals surface area contributed by atoms with Crippen molar-refractivity contribution < 1.29 is 13.9 Å². The summed E-state index contributed by atoms with van der Waals surface area (Å²) in [5.74, 6) is 0.777. The van der Waals surface area contributed by atoms with Crippen LogP contribution in [0.5, 0.6) is 5.75 Å². The minimum atomic E-state index is -0.904. The second kappa shape index (κ2) is 10.6. The molecule has 0 bridgehead atoms. The Balaban J connectivity index is 1.44. The molecule has 0 amide bonds. The van der Waals surface area contributed by atoms with E-state index >= 15 is 4.39 Å². The average Bonchev–Trinajstić information content (AvgIpc) is 3.24. The molecular formula is C30H36ClFN4O2. The van der Waals surface area contributed by atoms with Gasteiger partial charge in [0.15, 0.2) is 5.78 Å². The highest BCUT2D eigenvalue weighted by Gasteiger charge is 2.43. The fourth-order valence-electron chi connectivity index (χ4n) is 6.48. The molecule has 2 saturated heterocycles. The number of alkyl halides is 1. The lowest BCUT2D eigenvalue weighted by molar-refractivity contribution is 0.0490. The summed E-state index contributed by atoms with van der Waals surface area (Å²) in [5, 5.41) is 1.59. The van der Waals surface area contributed by atoms with Gasteiger partial charge in [-0.25, -0.2) is 4.39 Å². The zero-order valence-electron chi connectivity index (χ0n) is 22.2. The number of ether oxygens (including phenoxy) is 1. The summed E-state index contributed by atoms with van der Waals surface area (Å²) in [5.41, 5.74) is 2.63. The van der Waals surface area contributed by atoms with Crippen molar-refractivity contribution in [3.63, 3.8) is 0 Å². The molecule has 0 N–H and O–H groups in total. The van der Waals surface area contributed by atoms with Crippen molar-refractivity contribution in [3.05, 3.63) is 64.8 Å². The molecule has 0 radical (unpaired) electrons. The molecule has 8 heteroatoms. The van der Waals surface area contributed by atoms with Crippen LogP contribution in [0.4, 0.5) is 4.39 Å². The molecule has 4 atom stereocenters. The normalized spacial score (nSPS) is 27.5. The van der Waals surface area contributed by atoms with Gasteiger partial charge in [-0.05, 0) is 57.4 Å². The van der Waals surface area contributed by atoms with Crippen molar-refractivity contribution in [3.8, 4) is 5.75 Å². The van der Waals surface area contributed by atoms with Gasteiger partial charge in [-0.2, -0.15) is 0 Å². The number of Topliss-reactive ketones (excluding diaryl/α,β-unsaturated/α-hetero) is 1. The summed E-state index contributed by atoms with van der Waals surface area (Å²) in [4.78, 5) is 20.9. The van der Waals surface area contributed by atoms with Crippen LogP contribution in [0, 0.1) is 5.92 Å². The second-order valence-corrected chi connectivity index (χ2v) is 11.7.